The summed E-state index contributed by atoms with van der Waals surface area (Å²) in [4.78, 5) is 14.4. The number of benzene rings is 2. The number of anilines is 3. The Hall–Kier alpha value is -3.88. The van der Waals surface area contributed by atoms with Gasteiger partial charge in [0.1, 0.15) is 28.6 Å². The van der Waals surface area contributed by atoms with Gasteiger partial charge in [0, 0.05) is 18.7 Å². The maximum atomic E-state index is 14.3. The molecule has 1 amide bonds. The molecule has 0 aromatic heterocycles. The Labute approximate surface area is 220 Å². The van der Waals surface area contributed by atoms with Crippen molar-refractivity contribution in [1.82, 2.24) is 0 Å². The summed E-state index contributed by atoms with van der Waals surface area (Å²) in [5.41, 5.74) is 1.19. The fraction of sp³-hybridized carbons (Fsp3) is 0.345. The van der Waals surface area contributed by atoms with E-state index in [-0.39, 0.29) is 17.1 Å². The molecule has 0 saturated carbocycles. The van der Waals surface area contributed by atoms with Crippen LogP contribution in [0.25, 0.3) is 0 Å². The number of aromatic hydroxyl groups is 3. The third-order valence-corrected chi connectivity index (χ3v) is 6.28. The van der Waals surface area contributed by atoms with Crippen molar-refractivity contribution >= 4 is 23.0 Å². The van der Waals surface area contributed by atoms with Gasteiger partial charge in [-0.2, -0.15) is 0 Å². The molecule has 2 aromatic rings. The number of alkyl halides is 3. The number of carbonyl (C=O) groups is 1. The van der Waals surface area contributed by atoms with Crippen molar-refractivity contribution < 1.29 is 33.3 Å². The molecule has 0 bridgehead atoms. The van der Waals surface area contributed by atoms with E-state index in [1.54, 1.807) is 6.08 Å². The molecule has 9 heteroatoms. The second kappa shape index (κ2) is 11.7. The molecule has 0 fully saturated rings. The van der Waals surface area contributed by atoms with Gasteiger partial charge in [-0.1, -0.05) is 41.0 Å². The Morgan fingerprint density at radius 3 is 2.13 bits per heavy atom. The molecule has 0 unspecified atom stereocenters. The van der Waals surface area contributed by atoms with Crippen LogP contribution < -0.4 is 9.80 Å². The molecule has 2 aromatic carbocycles. The van der Waals surface area contributed by atoms with E-state index in [0.29, 0.717) is 6.42 Å². The van der Waals surface area contributed by atoms with E-state index in [0.717, 1.165) is 47.9 Å². The molecule has 1 aliphatic heterocycles. The summed E-state index contributed by atoms with van der Waals surface area (Å²) in [5, 5.41) is 31.0. The molecule has 0 saturated heterocycles. The van der Waals surface area contributed by atoms with E-state index in [1.807, 2.05) is 6.92 Å². The van der Waals surface area contributed by atoms with Crippen molar-refractivity contribution in [1.29, 1.82) is 0 Å². The smallest absolute Gasteiger partial charge is 0.489 e. The third-order valence-electron chi connectivity index (χ3n) is 6.28. The highest BCUT2D eigenvalue weighted by atomic mass is 19.4. The van der Waals surface area contributed by atoms with Gasteiger partial charge in [0.05, 0.1) is 11.3 Å². The van der Waals surface area contributed by atoms with Crippen molar-refractivity contribution in [2.75, 3.05) is 16.3 Å². The number of nitrogens with zero attached hydrogens (tertiary/aromatic N) is 2. The molecule has 1 aliphatic rings. The monoisotopic (exact) mass is 530 g/mol. The van der Waals surface area contributed by atoms with Gasteiger partial charge >= 0.3 is 6.30 Å². The highest BCUT2D eigenvalue weighted by Gasteiger charge is 2.47. The first-order valence-electron chi connectivity index (χ1n) is 12.3. The van der Waals surface area contributed by atoms with Gasteiger partial charge in [0.2, 0.25) is 0 Å². The lowest BCUT2D eigenvalue weighted by atomic mass is 10.1. The summed E-state index contributed by atoms with van der Waals surface area (Å²) in [5.74, 6) is -2.98. The fourth-order valence-electron chi connectivity index (χ4n) is 4.35. The minimum Gasteiger partial charge on any atom is -0.508 e. The number of allylic oxidation sites excluding steroid dienone is 5. The standard InChI is InChI=1S/C29H33F3N2O4/c1-18(2)8-5-9-19(3)10-6-11-20(4)14-15-33-23-16-21(35)17-25(37)27(23)34(29(30,31)32)26-22(28(33)38)12-7-13-24(26)36/h7-8,10,12-14,16-17,35-37H,5-6,9,11,15H2,1-4H3/b19-10+,20-14+. The quantitative estimate of drug-likeness (QED) is 0.239. The van der Waals surface area contributed by atoms with Crippen LogP contribution in [0.5, 0.6) is 17.2 Å². The number of halogens is 3. The van der Waals surface area contributed by atoms with E-state index >= 15 is 0 Å². The van der Waals surface area contributed by atoms with Crippen LogP contribution in [0.4, 0.5) is 30.2 Å². The lowest BCUT2D eigenvalue weighted by Gasteiger charge is -2.29. The largest absolute Gasteiger partial charge is 0.508 e. The van der Waals surface area contributed by atoms with E-state index in [9.17, 15) is 33.3 Å². The Morgan fingerprint density at radius 1 is 0.868 bits per heavy atom. The Morgan fingerprint density at radius 2 is 1.50 bits per heavy atom. The van der Waals surface area contributed by atoms with Crippen LogP contribution in [0.15, 0.2) is 65.3 Å². The zero-order valence-electron chi connectivity index (χ0n) is 21.9. The van der Waals surface area contributed by atoms with Crippen LogP contribution in [0.1, 0.15) is 63.7 Å². The molecule has 6 nitrogen and oxygen atoms in total. The van der Waals surface area contributed by atoms with E-state index in [1.165, 1.54) is 23.3 Å². The number of fused-ring (bicyclic) bond motifs is 2. The topological polar surface area (TPSA) is 84.2 Å². The number of amides is 1. The predicted molar refractivity (Wildman–Crippen MR) is 143 cm³/mol. The molecule has 0 spiro atoms. The number of phenolic OH excluding ortho intramolecular Hbond substituents is 3. The minimum atomic E-state index is -5.10. The second-order valence-electron chi connectivity index (χ2n) is 9.68. The lowest BCUT2D eigenvalue weighted by Crippen LogP contribution is -2.34. The van der Waals surface area contributed by atoms with Crippen molar-refractivity contribution in [3.8, 4) is 17.2 Å². The van der Waals surface area contributed by atoms with Gasteiger partial charge in [-0.05, 0) is 65.5 Å². The molecular weight excluding hydrogens is 497 g/mol. The third kappa shape index (κ3) is 6.51. The maximum Gasteiger partial charge on any atom is 0.489 e. The predicted octanol–water partition coefficient (Wildman–Crippen LogP) is 7.84. The Kier molecular flexibility index (Phi) is 8.81. The van der Waals surface area contributed by atoms with Gasteiger partial charge in [-0.15, -0.1) is 13.2 Å². The SMILES string of the molecule is CC(C)=CCC/C(C)=C/CC/C(C)=C/CN1C(=O)c2cccc(O)c2N(C(F)(F)F)c2c(O)cc(O)cc21. The van der Waals surface area contributed by atoms with E-state index in [2.05, 4.69) is 32.9 Å². The first-order chi connectivity index (χ1) is 17.8. The van der Waals surface area contributed by atoms with Crippen molar-refractivity contribution in [2.24, 2.45) is 0 Å². The van der Waals surface area contributed by atoms with E-state index < -0.39 is 46.4 Å². The van der Waals surface area contributed by atoms with Crippen LogP contribution in [-0.4, -0.2) is 34.1 Å². The lowest BCUT2D eigenvalue weighted by molar-refractivity contribution is -0.121. The maximum absolute atomic E-state index is 14.3. The summed E-state index contributed by atoms with van der Waals surface area (Å²) < 4.78 is 43.0. The van der Waals surface area contributed by atoms with Crippen molar-refractivity contribution in [2.45, 2.75) is 59.7 Å². The average Bonchev–Trinajstić information content (AvgIpc) is 2.91. The van der Waals surface area contributed by atoms with Gasteiger partial charge < -0.3 is 20.2 Å². The van der Waals surface area contributed by atoms with Crippen LogP contribution in [0.3, 0.4) is 0 Å². The van der Waals surface area contributed by atoms with Crippen LogP contribution >= 0.6 is 0 Å². The number of phenols is 3. The molecular formula is C29H33F3N2O4. The van der Waals surface area contributed by atoms with Crippen LogP contribution in [-0.2, 0) is 0 Å². The molecule has 0 radical (unpaired) electrons. The van der Waals surface area contributed by atoms with E-state index in [4.69, 9.17) is 0 Å². The van der Waals surface area contributed by atoms with Gasteiger partial charge in [0.15, 0.2) is 0 Å². The number of rotatable bonds is 8. The summed E-state index contributed by atoms with van der Waals surface area (Å²) in [6.45, 7) is 7.96. The number of hydrogen-bond acceptors (Lipinski definition) is 5. The van der Waals surface area contributed by atoms with Crippen molar-refractivity contribution in [3.63, 3.8) is 0 Å². The van der Waals surface area contributed by atoms with Crippen LogP contribution in [0, 0.1) is 0 Å². The van der Waals surface area contributed by atoms with Crippen LogP contribution in [0.2, 0.25) is 0 Å². The molecule has 1 heterocycles. The highest BCUT2D eigenvalue weighted by molar-refractivity contribution is 6.15. The second-order valence-corrected chi connectivity index (χ2v) is 9.68. The number of para-hydroxylation sites is 1. The Bertz CT molecular complexity index is 1290. The average molecular weight is 531 g/mol. The number of carbonyl (C=O) groups excluding carboxylic acids is 1. The number of hydrogen-bond donors (Lipinski definition) is 3. The minimum absolute atomic E-state index is 0.107. The summed E-state index contributed by atoms with van der Waals surface area (Å²) in [6, 6.07) is 5.26. The fourth-order valence-corrected chi connectivity index (χ4v) is 4.35. The highest BCUT2D eigenvalue weighted by Crippen LogP contribution is 2.53. The zero-order valence-corrected chi connectivity index (χ0v) is 21.9. The molecule has 0 aliphatic carbocycles. The molecule has 38 heavy (non-hydrogen) atoms. The molecule has 3 rings (SSSR count). The zero-order chi connectivity index (χ0) is 28.2. The summed E-state index contributed by atoms with van der Waals surface area (Å²) in [6.07, 6.45) is 4.36. The van der Waals surface area contributed by atoms with Gasteiger partial charge in [-0.3, -0.25) is 4.79 Å². The first-order valence-corrected chi connectivity index (χ1v) is 12.3. The molecule has 3 N–H and O–H groups in total. The summed E-state index contributed by atoms with van der Waals surface area (Å²) in [7, 11) is 0. The first kappa shape index (κ1) is 28.7. The van der Waals surface area contributed by atoms with Gasteiger partial charge in [-0.25, -0.2) is 4.90 Å². The van der Waals surface area contributed by atoms with Crippen molar-refractivity contribution in [3.05, 3.63) is 70.8 Å². The normalized spacial score (nSPS) is 14.2. The van der Waals surface area contributed by atoms with Gasteiger partial charge in [0.25, 0.3) is 5.91 Å². The Balaban J connectivity index is 1.96. The molecule has 0 atom stereocenters. The summed E-state index contributed by atoms with van der Waals surface area (Å²) >= 11 is 0. The molecule has 204 valence electrons.